The van der Waals surface area contributed by atoms with Crippen LogP contribution in [0.15, 0.2) is 48.8 Å². The molecule has 10 heteroatoms. The number of amides is 2. The van der Waals surface area contributed by atoms with Gasteiger partial charge in [-0.15, -0.1) is 0 Å². The molecule has 34 heavy (non-hydrogen) atoms. The van der Waals surface area contributed by atoms with Gasteiger partial charge in [-0.25, -0.2) is 14.2 Å². The number of benzene rings is 2. The van der Waals surface area contributed by atoms with Crippen LogP contribution in [0.4, 0.5) is 21.5 Å². The highest BCUT2D eigenvalue weighted by atomic mass is 32.1. The van der Waals surface area contributed by atoms with Crippen LogP contribution in [0, 0.1) is 19.3 Å². The van der Waals surface area contributed by atoms with Gasteiger partial charge in [0.25, 0.3) is 11.8 Å². The Morgan fingerprint density at radius 1 is 1.26 bits per heavy atom. The van der Waals surface area contributed by atoms with Gasteiger partial charge < -0.3 is 15.2 Å². The number of aryl methyl sites for hydroxylation is 1. The highest BCUT2D eigenvalue weighted by Crippen LogP contribution is 2.38. The van der Waals surface area contributed by atoms with Gasteiger partial charge in [-0.2, -0.15) is 0 Å². The standard InChI is InChI=1S/C24H21FN6O2S/c1-14-11-16(7-8-19(14)26-4)30-22(33)24(2,3)31(23(30)34)17-6-5-15(18(25)12-17)13-29-21(32)20-27-9-10-28-20/h5-12H,13H2,1-3H3,(H,27,28)(H,29,32). The van der Waals surface area contributed by atoms with E-state index in [1.165, 1.54) is 23.4 Å². The molecule has 2 aromatic carbocycles. The number of rotatable bonds is 5. The quantitative estimate of drug-likeness (QED) is 0.425. The lowest BCUT2D eigenvalue weighted by Gasteiger charge is -2.29. The molecule has 172 valence electrons. The third-order valence-corrected chi connectivity index (χ3v) is 6.04. The highest BCUT2D eigenvalue weighted by molar-refractivity contribution is 7.81. The molecule has 3 aromatic rings. The maximum Gasteiger partial charge on any atom is 0.287 e. The summed E-state index contributed by atoms with van der Waals surface area (Å²) < 4.78 is 15.0. The average molecular weight is 477 g/mol. The summed E-state index contributed by atoms with van der Waals surface area (Å²) in [6.45, 7) is 12.4. The molecule has 1 aliphatic rings. The SMILES string of the molecule is [C-]#[N+]c1ccc(N2C(=O)C(C)(C)N(c3ccc(CNC(=O)c4ncc[nH]4)c(F)c3)C2=S)cc1C. The van der Waals surface area contributed by atoms with Gasteiger partial charge in [-0.1, -0.05) is 12.1 Å². The van der Waals surface area contributed by atoms with Gasteiger partial charge in [0, 0.05) is 35.9 Å². The zero-order valence-electron chi connectivity index (χ0n) is 18.7. The van der Waals surface area contributed by atoms with Crippen molar-refractivity contribution in [1.29, 1.82) is 0 Å². The zero-order valence-corrected chi connectivity index (χ0v) is 19.5. The minimum atomic E-state index is -1.06. The number of imidazole rings is 1. The Balaban J connectivity index is 1.59. The summed E-state index contributed by atoms with van der Waals surface area (Å²) in [5.74, 6) is -1.11. The molecule has 2 amide bonds. The molecule has 2 N–H and O–H groups in total. The number of carbonyl (C=O) groups excluding carboxylic acids is 2. The van der Waals surface area contributed by atoms with Gasteiger partial charge in [0.1, 0.15) is 11.4 Å². The summed E-state index contributed by atoms with van der Waals surface area (Å²) in [6.07, 6.45) is 2.98. The van der Waals surface area contributed by atoms with Crippen molar-refractivity contribution < 1.29 is 14.0 Å². The van der Waals surface area contributed by atoms with Crippen molar-refractivity contribution in [3.8, 4) is 0 Å². The molecule has 0 atom stereocenters. The Hall–Kier alpha value is -4.10. The zero-order chi connectivity index (χ0) is 24.6. The molecule has 0 bridgehead atoms. The van der Waals surface area contributed by atoms with Crippen molar-refractivity contribution in [3.05, 3.63) is 83.0 Å². The van der Waals surface area contributed by atoms with E-state index < -0.39 is 17.3 Å². The number of nitrogens with zero attached hydrogens (tertiary/aromatic N) is 4. The molecule has 1 aromatic heterocycles. The lowest BCUT2D eigenvalue weighted by molar-refractivity contribution is -0.120. The van der Waals surface area contributed by atoms with Crippen molar-refractivity contribution in [3.63, 3.8) is 0 Å². The number of halogens is 1. The van der Waals surface area contributed by atoms with Crippen molar-refractivity contribution in [2.45, 2.75) is 32.9 Å². The van der Waals surface area contributed by atoms with E-state index in [1.807, 2.05) is 0 Å². The average Bonchev–Trinajstić information content (AvgIpc) is 3.39. The molecule has 0 spiro atoms. The van der Waals surface area contributed by atoms with Crippen molar-refractivity contribution in [2.75, 3.05) is 9.80 Å². The first kappa shape index (κ1) is 23.1. The Kier molecular flexibility index (Phi) is 5.89. The van der Waals surface area contributed by atoms with Crippen molar-refractivity contribution >= 4 is 46.2 Å². The monoisotopic (exact) mass is 476 g/mol. The number of hydrogen-bond donors (Lipinski definition) is 2. The fourth-order valence-corrected chi connectivity index (χ4v) is 4.35. The number of thiocarbonyl (C=S) groups is 1. The summed E-state index contributed by atoms with van der Waals surface area (Å²) in [5, 5.41) is 2.82. The second-order valence-electron chi connectivity index (χ2n) is 8.30. The van der Waals surface area contributed by atoms with Crippen LogP contribution in [0.25, 0.3) is 4.85 Å². The van der Waals surface area contributed by atoms with Crippen LogP contribution in [0.3, 0.4) is 0 Å². The summed E-state index contributed by atoms with van der Waals surface area (Å²) in [6, 6.07) is 9.57. The number of H-pyrrole nitrogens is 1. The molecule has 0 unspecified atom stereocenters. The van der Waals surface area contributed by atoms with E-state index >= 15 is 0 Å². The molecule has 1 fully saturated rings. The van der Waals surface area contributed by atoms with E-state index in [4.69, 9.17) is 18.8 Å². The number of hydrogen-bond acceptors (Lipinski definition) is 4. The predicted molar refractivity (Wildman–Crippen MR) is 130 cm³/mol. The molecule has 4 rings (SSSR count). The third-order valence-electron chi connectivity index (χ3n) is 5.67. The Morgan fingerprint density at radius 2 is 2.00 bits per heavy atom. The predicted octanol–water partition coefficient (Wildman–Crippen LogP) is 4.25. The number of aromatic amines is 1. The molecule has 1 saturated heterocycles. The van der Waals surface area contributed by atoms with Crippen LogP contribution in [0.1, 0.15) is 35.6 Å². The molecule has 1 aliphatic heterocycles. The normalized spacial score (nSPS) is 14.9. The van der Waals surface area contributed by atoms with E-state index in [0.717, 1.165) is 5.56 Å². The summed E-state index contributed by atoms with van der Waals surface area (Å²) in [7, 11) is 0. The van der Waals surface area contributed by atoms with Gasteiger partial charge >= 0.3 is 0 Å². The largest absolute Gasteiger partial charge is 0.345 e. The minimum Gasteiger partial charge on any atom is -0.345 e. The third kappa shape index (κ3) is 3.91. The fraction of sp³-hybridized carbons (Fsp3) is 0.208. The number of carbonyl (C=O) groups is 2. The van der Waals surface area contributed by atoms with Crippen molar-refractivity contribution in [1.82, 2.24) is 15.3 Å². The summed E-state index contributed by atoms with van der Waals surface area (Å²) in [5.41, 5.74) is 1.40. The van der Waals surface area contributed by atoms with Crippen LogP contribution >= 0.6 is 12.2 Å². The Bertz CT molecular complexity index is 1350. The Labute approximate surface area is 201 Å². The molecular formula is C24H21FN6O2S. The number of nitrogens with one attached hydrogen (secondary N) is 2. The maximum absolute atomic E-state index is 15.0. The first-order chi connectivity index (χ1) is 16.1. The van der Waals surface area contributed by atoms with Gasteiger partial charge in [-0.3, -0.25) is 14.5 Å². The van der Waals surface area contributed by atoms with E-state index in [2.05, 4.69) is 20.1 Å². The number of anilines is 2. The topological polar surface area (TPSA) is 85.7 Å². The second kappa shape index (κ2) is 8.68. The van der Waals surface area contributed by atoms with Gasteiger partial charge in [-0.05, 0) is 62.8 Å². The molecule has 8 nitrogen and oxygen atoms in total. The lowest BCUT2D eigenvalue weighted by atomic mass is 10.0. The Morgan fingerprint density at radius 3 is 2.62 bits per heavy atom. The van der Waals surface area contributed by atoms with Crippen LogP contribution in [-0.4, -0.2) is 32.4 Å². The van der Waals surface area contributed by atoms with Crippen molar-refractivity contribution in [2.24, 2.45) is 0 Å². The lowest BCUT2D eigenvalue weighted by Crippen LogP contribution is -2.44. The van der Waals surface area contributed by atoms with E-state index in [-0.39, 0.29) is 29.0 Å². The summed E-state index contributed by atoms with van der Waals surface area (Å²) in [4.78, 5) is 38.4. The van der Waals surface area contributed by atoms with Crippen LogP contribution in [0.5, 0.6) is 0 Å². The summed E-state index contributed by atoms with van der Waals surface area (Å²) >= 11 is 5.64. The van der Waals surface area contributed by atoms with Gasteiger partial charge in [0.2, 0.25) is 0 Å². The van der Waals surface area contributed by atoms with Gasteiger partial charge in [0.05, 0.1) is 6.57 Å². The molecular weight excluding hydrogens is 455 g/mol. The smallest absolute Gasteiger partial charge is 0.287 e. The van der Waals surface area contributed by atoms with Crippen LogP contribution in [0.2, 0.25) is 0 Å². The molecule has 0 aliphatic carbocycles. The molecule has 0 saturated carbocycles. The number of aromatic nitrogens is 2. The highest BCUT2D eigenvalue weighted by Gasteiger charge is 2.50. The van der Waals surface area contributed by atoms with Gasteiger partial charge in [0.15, 0.2) is 16.6 Å². The minimum absolute atomic E-state index is 0.0305. The second-order valence-corrected chi connectivity index (χ2v) is 8.66. The van der Waals surface area contributed by atoms with Crippen LogP contribution < -0.4 is 15.1 Å². The first-order valence-corrected chi connectivity index (χ1v) is 10.8. The van der Waals surface area contributed by atoms with E-state index in [9.17, 15) is 14.0 Å². The fourth-order valence-electron chi connectivity index (χ4n) is 3.83. The molecule has 2 heterocycles. The maximum atomic E-state index is 15.0. The van der Waals surface area contributed by atoms with E-state index in [1.54, 1.807) is 56.0 Å². The van der Waals surface area contributed by atoms with E-state index in [0.29, 0.717) is 17.1 Å². The first-order valence-electron chi connectivity index (χ1n) is 10.4. The molecule has 0 radical (unpaired) electrons. The van der Waals surface area contributed by atoms with Crippen LogP contribution in [-0.2, 0) is 11.3 Å².